The first-order chi connectivity index (χ1) is 8.45. The molecule has 0 saturated carbocycles. The van der Waals surface area contributed by atoms with Crippen molar-refractivity contribution in [2.45, 2.75) is 18.1 Å². The highest BCUT2D eigenvalue weighted by atomic mass is 32.2. The average Bonchev–Trinajstić information content (AvgIpc) is 2.77. The lowest BCUT2D eigenvalue weighted by molar-refractivity contribution is 0.380. The number of nitrogens with one attached hydrogen (secondary N) is 2. The molecule has 0 saturated heterocycles. The second-order valence-electron chi connectivity index (χ2n) is 4.26. The van der Waals surface area contributed by atoms with Crippen LogP contribution in [0.5, 0.6) is 0 Å². The summed E-state index contributed by atoms with van der Waals surface area (Å²) in [4.78, 5) is 2.12. The summed E-state index contributed by atoms with van der Waals surface area (Å²) in [6.45, 7) is 2.42. The van der Waals surface area contributed by atoms with Gasteiger partial charge in [-0.15, -0.1) is 0 Å². The van der Waals surface area contributed by atoms with Gasteiger partial charge in [0.25, 0.3) is 10.0 Å². The molecule has 1 rings (SSSR count). The molecule has 0 spiro atoms. The van der Waals surface area contributed by atoms with Gasteiger partial charge in [-0.05, 0) is 52.8 Å². The van der Waals surface area contributed by atoms with Gasteiger partial charge in [0.2, 0.25) is 5.09 Å². The summed E-state index contributed by atoms with van der Waals surface area (Å²) in [5, 5.41) is 3.16. The Balaban J connectivity index is 2.36. The quantitative estimate of drug-likeness (QED) is 0.664. The molecule has 7 heteroatoms. The number of nitrogens with zero attached hydrogens (tertiary/aromatic N) is 1. The van der Waals surface area contributed by atoms with E-state index in [-0.39, 0.29) is 5.09 Å². The minimum Gasteiger partial charge on any atom is -0.447 e. The molecule has 1 heterocycles. The highest BCUT2D eigenvalue weighted by molar-refractivity contribution is 7.89. The second-order valence-corrected chi connectivity index (χ2v) is 6.08. The standard InChI is InChI=1S/C11H21N3O3S/c1-12-18(15,16)11-6-5-10(17-11)9-13-7-4-8-14(2)3/h5-6,12-13H,4,7-9H2,1-3H3. The largest absolute Gasteiger partial charge is 0.447 e. The lowest BCUT2D eigenvalue weighted by Crippen LogP contribution is -2.21. The van der Waals surface area contributed by atoms with Crippen LogP contribution in [-0.2, 0) is 16.6 Å². The minimum atomic E-state index is -3.47. The van der Waals surface area contributed by atoms with E-state index in [1.54, 1.807) is 6.07 Å². The topological polar surface area (TPSA) is 74.6 Å². The van der Waals surface area contributed by atoms with Gasteiger partial charge in [-0.2, -0.15) is 0 Å². The normalized spacial score (nSPS) is 12.2. The van der Waals surface area contributed by atoms with Crippen LogP contribution in [0.4, 0.5) is 0 Å². The first-order valence-corrected chi connectivity index (χ1v) is 7.31. The van der Waals surface area contributed by atoms with Crippen LogP contribution in [0.3, 0.4) is 0 Å². The highest BCUT2D eigenvalue weighted by Crippen LogP contribution is 2.12. The van der Waals surface area contributed by atoms with Crippen molar-refractivity contribution in [3.63, 3.8) is 0 Å². The van der Waals surface area contributed by atoms with Gasteiger partial charge in [0.05, 0.1) is 6.54 Å². The van der Waals surface area contributed by atoms with Crippen molar-refractivity contribution in [1.82, 2.24) is 14.9 Å². The maximum atomic E-state index is 11.4. The molecule has 18 heavy (non-hydrogen) atoms. The Bertz CT molecular complexity index is 454. The molecule has 0 fully saturated rings. The van der Waals surface area contributed by atoms with Gasteiger partial charge in [-0.1, -0.05) is 0 Å². The number of hydrogen-bond acceptors (Lipinski definition) is 5. The Morgan fingerprint density at radius 2 is 2.06 bits per heavy atom. The lowest BCUT2D eigenvalue weighted by atomic mass is 10.4. The molecule has 2 N–H and O–H groups in total. The predicted octanol–water partition coefficient (Wildman–Crippen LogP) is 0.229. The van der Waals surface area contributed by atoms with Crippen LogP contribution >= 0.6 is 0 Å². The summed E-state index contributed by atoms with van der Waals surface area (Å²) in [7, 11) is 1.94. The van der Waals surface area contributed by atoms with E-state index in [0.29, 0.717) is 12.3 Å². The number of sulfonamides is 1. The monoisotopic (exact) mass is 275 g/mol. The third-order valence-electron chi connectivity index (χ3n) is 2.43. The van der Waals surface area contributed by atoms with Crippen molar-refractivity contribution in [3.05, 3.63) is 17.9 Å². The van der Waals surface area contributed by atoms with Crippen molar-refractivity contribution >= 4 is 10.0 Å². The first kappa shape index (κ1) is 15.2. The Kier molecular flexibility index (Phi) is 5.80. The van der Waals surface area contributed by atoms with E-state index >= 15 is 0 Å². The van der Waals surface area contributed by atoms with Gasteiger partial charge < -0.3 is 14.6 Å². The maximum absolute atomic E-state index is 11.4. The van der Waals surface area contributed by atoms with Crippen LogP contribution < -0.4 is 10.0 Å². The zero-order valence-electron chi connectivity index (χ0n) is 11.1. The summed E-state index contributed by atoms with van der Waals surface area (Å²) >= 11 is 0. The molecule has 1 aromatic rings. The van der Waals surface area contributed by atoms with E-state index in [1.807, 2.05) is 14.1 Å². The molecule has 0 unspecified atom stereocenters. The zero-order chi connectivity index (χ0) is 13.6. The molecular formula is C11H21N3O3S. The van der Waals surface area contributed by atoms with Crippen LogP contribution in [0.15, 0.2) is 21.6 Å². The Labute approximate surface area is 108 Å². The van der Waals surface area contributed by atoms with E-state index in [0.717, 1.165) is 19.5 Å². The summed E-state index contributed by atoms with van der Waals surface area (Å²) in [6.07, 6.45) is 1.04. The lowest BCUT2D eigenvalue weighted by Gasteiger charge is -2.08. The van der Waals surface area contributed by atoms with Crippen LogP contribution in [0.25, 0.3) is 0 Å². The molecule has 0 aliphatic carbocycles. The molecule has 0 bridgehead atoms. The number of rotatable bonds is 8. The van der Waals surface area contributed by atoms with Crippen LogP contribution in [0.1, 0.15) is 12.2 Å². The molecule has 0 aliphatic heterocycles. The number of furan rings is 1. The predicted molar refractivity (Wildman–Crippen MR) is 69.8 cm³/mol. The molecule has 0 atom stereocenters. The fourth-order valence-electron chi connectivity index (χ4n) is 1.43. The summed E-state index contributed by atoms with van der Waals surface area (Å²) in [5.74, 6) is 0.619. The Morgan fingerprint density at radius 1 is 1.33 bits per heavy atom. The van der Waals surface area contributed by atoms with E-state index < -0.39 is 10.0 Å². The van der Waals surface area contributed by atoms with Crippen LogP contribution in [0, 0.1) is 0 Å². The fraction of sp³-hybridized carbons (Fsp3) is 0.636. The summed E-state index contributed by atoms with van der Waals surface area (Å²) in [5.41, 5.74) is 0. The van der Waals surface area contributed by atoms with Gasteiger partial charge >= 0.3 is 0 Å². The van der Waals surface area contributed by atoms with Gasteiger partial charge in [0.1, 0.15) is 5.76 Å². The van der Waals surface area contributed by atoms with Crippen LogP contribution in [0.2, 0.25) is 0 Å². The fourth-order valence-corrected chi connectivity index (χ4v) is 2.10. The van der Waals surface area contributed by atoms with E-state index in [4.69, 9.17) is 4.42 Å². The molecule has 6 nitrogen and oxygen atoms in total. The SMILES string of the molecule is CNS(=O)(=O)c1ccc(CNCCCN(C)C)o1. The maximum Gasteiger partial charge on any atom is 0.273 e. The molecule has 0 aromatic carbocycles. The Morgan fingerprint density at radius 3 is 2.67 bits per heavy atom. The first-order valence-electron chi connectivity index (χ1n) is 5.83. The van der Waals surface area contributed by atoms with Crippen molar-refractivity contribution in [2.24, 2.45) is 0 Å². The van der Waals surface area contributed by atoms with E-state index in [1.165, 1.54) is 13.1 Å². The number of hydrogen-bond donors (Lipinski definition) is 2. The Hall–Kier alpha value is -0.890. The summed E-state index contributed by atoms with van der Waals surface area (Å²) < 4.78 is 30.3. The van der Waals surface area contributed by atoms with Gasteiger partial charge in [-0.3, -0.25) is 0 Å². The van der Waals surface area contributed by atoms with Crippen molar-refractivity contribution < 1.29 is 12.8 Å². The molecule has 0 amide bonds. The third kappa shape index (κ3) is 4.77. The van der Waals surface area contributed by atoms with E-state index in [2.05, 4.69) is 14.9 Å². The molecule has 0 aliphatic rings. The smallest absolute Gasteiger partial charge is 0.273 e. The average molecular weight is 275 g/mol. The molecule has 1 aromatic heterocycles. The van der Waals surface area contributed by atoms with Crippen molar-refractivity contribution in [2.75, 3.05) is 34.2 Å². The third-order valence-corrected chi connectivity index (χ3v) is 3.72. The van der Waals surface area contributed by atoms with Gasteiger partial charge in [-0.25, -0.2) is 13.1 Å². The van der Waals surface area contributed by atoms with E-state index in [9.17, 15) is 8.42 Å². The second kappa shape index (κ2) is 6.89. The van der Waals surface area contributed by atoms with Crippen molar-refractivity contribution in [1.29, 1.82) is 0 Å². The van der Waals surface area contributed by atoms with Gasteiger partial charge in [0.15, 0.2) is 0 Å². The molecule has 104 valence electrons. The summed E-state index contributed by atoms with van der Waals surface area (Å²) in [6, 6.07) is 3.13. The van der Waals surface area contributed by atoms with Crippen LogP contribution in [-0.4, -0.2) is 47.6 Å². The minimum absolute atomic E-state index is 0.0462. The molecular weight excluding hydrogens is 254 g/mol. The zero-order valence-corrected chi connectivity index (χ0v) is 11.9. The van der Waals surface area contributed by atoms with Crippen molar-refractivity contribution in [3.8, 4) is 0 Å². The van der Waals surface area contributed by atoms with Gasteiger partial charge in [0, 0.05) is 0 Å². The molecule has 0 radical (unpaired) electrons. The highest BCUT2D eigenvalue weighted by Gasteiger charge is 2.15.